The van der Waals surface area contributed by atoms with E-state index in [1.165, 1.54) is 18.5 Å². The Labute approximate surface area is 146 Å². The van der Waals surface area contributed by atoms with Crippen LogP contribution in [0.3, 0.4) is 0 Å². The van der Waals surface area contributed by atoms with E-state index in [1.54, 1.807) is 30.7 Å². The Morgan fingerprint density at radius 3 is 2.72 bits per heavy atom. The summed E-state index contributed by atoms with van der Waals surface area (Å²) in [7, 11) is -2.05. The smallest absolute Gasteiger partial charge is 0.251 e. The maximum Gasteiger partial charge on any atom is 0.251 e. The molecule has 1 aromatic heterocycles. The molecule has 134 valence electrons. The van der Waals surface area contributed by atoms with Crippen LogP contribution in [0.15, 0.2) is 35.5 Å². The molecule has 2 aromatic rings. The highest BCUT2D eigenvalue weighted by Gasteiger charge is 2.23. The molecule has 1 aromatic carbocycles. The van der Waals surface area contributed by atoms with Crippen molar-refractivity contribution in [2.24, 2.45) is 7.05 Å². The Kier molecular flexibility index (Phi) is 4.87. The maximum atomic E-state index is 12.6. The van der Waals surface area contributed by atoms with Gasteiger partial charge in [0.2, 0.25) is 10.0 Å². The van der Waals surface area contributed by atoms with Gasteiger partial charge in [-0.05, 0) is 44.4 Å². The Morgan fingerprint density at radius 1 is 1.36 bits per heavy atom. The van der Waals surface area contributed by atoms with Crippen molar-refractivity contribution >= 4 is 15.9 Å². The van der Waals surface area contributed by atoms with E-state index in [0.29, 0.717) is 11.4 Å². The second-order valence-electron chi connectivity index (χ2n) is 6.27. The van der Waals surface area contributed by atoms with Crippen LogP contribution in [-0.4, -0.2) is 35.1 Å². The first-order valence-electron chi connectivity index (χ1n) is 8.14. The Hall–Kier alpha value is -2.26. The van der Waals surface area contributed by atoms with Gasteiger partial charge in [-0.2, -0.15) is 0 Å². The van der Waals surface area contributed by atoms with Gasteiger partial charge < -0.3 is 9.88 Å². The third-order valence-electron chi connectivity index (χ3n) is 4.31. The van der Waals surface area contributed by atoms with Crippen molar-refractivity contribution in [3.63, 3.8) is 0 Å². The number of rotatable bonds is 6. The van der Waals surface area contributed by atoms with E-state index >= 15 is 0 Å². The van der Waals surface area contributed by atoms with Gasteiger partial charge in [-0.3, -0.25) is 4.79 Å². The number of carbonyl (C=O) groups excluding carboxylic acids is 1. The number of sulfonamides is 1. The van der Waals surface area contributed by atoms with Crippen molar-refractivity contribution in [1.29, 1.82) is 0 Å². The van der Waals surface area contributed by atoms with E-state index in [-0.39, 0.29) is 16.8 Å². The highest BCUT2D eigenvalue weighted by Crippen LogP contribution is 2.20. The first kappa shape index (κ1) is 17.6. The third-order valence-corrected chi connectivity index (χ3v) is 5.85. The summed E-state index contributed by atoms with van der Waals surface area (Å²) in [6.07, 6.45) is 4.57. The molecule has 0 aliphatic heterocycles. The fourth-order valence-corrected chi connectivity index (χ4v) is 3.91. The summed E-state index contributed by atoms with van der Waals surface area (Å²) in [5, 5.41) is 10.6. The first-order chi connectivity index (χ1) is 11.9. The van der Waals surface area contributed by atoms with Crippen LogP contribution in [0.2, 0.25) is 0 Å². The number of amides is 1. The molecule has 8 nitrogen and oxygen atoms in total. The normalized spacial score (nSPS) is 16.2. The minimum atomic E-state index is -3.79. The lowest BCUT2D eigenvalue weighted by Gasteiger charge is -2.26. The monoisotopic (exact) mass is 363 g/mol. The molecule has 1 amide bonds. The summed E-state index contributed by atoms with van der Waals surface area (Å²) in [5.74, 6) is 0.255. The highest BCUT2D eigenvalue weighted by molar-refractivity contribution is 7.89. The molecule has 0 saturated heterocycles. The SMILES string of the molecule is C[C@@H](NS(=O)(=O)c1cccc(C(=O)NC2CCC2)c1)c1nncn1C. The van der Waals surface area contributed by atoms with E-state index in [1.807, 2.05) is 0 Å². The van der Waals surface area contributed by atoms with Crippen LogP contribution in [-0.2, 0) is 17.1 Å². The van der Waals surface area contributed by atoms with Crippen molar-refractivity contribution in [1.82, 2.24) is 24.8 Å². The molecule has 1 saturated carbocycles. The second kappa shape index (κ2) is 6.93. The van der Waals surface area contributed by atoms with Crippen LogP contribution in [0.4, 0.5) is 0 Å². The molecular weight excluding hydrogens is 342 g/mol. The number of benzene rings is 1. The largest absolute Gasteiger partial charge is 0.349 e. The van der Waals surface area contributed by atoms with Gasteiger partial charge in [0.05, 0.1) is 10.9 Å². The number of carbonyl (C=O) groups is 1. The number of nitrogens with one attached hydrogen (secondary N) is 2. The Bertz CT molecular complexity index is 873. The highest BCUT2D eigenvalue weighted by atomic mass is 32.2. The van der Waals surface area contributed by atoms with Crippen LogP contribution in [0.1, 0.15) is 48.4 Å². The molecule has 1 fully saturated rings. The lowest BCUT2D eigenvalue weighted by atomic mass is 9.93. The predicted octanol–water partition coefficient (Wildman–Crippen LogP) is 1.14. The van der Waals surface area contributed by atoms with Gasteiger partial charge in [0.15, 0.2) is 0 Å². The molecule has 0 spiro atoms. The van der Waals surface area contributed by atoms with Gasteiger partial charge in [-0.1, -0.05) is 6.07 Å². The van der Waals surface area contributed by atoms with E-state index in [4.69, 9.17) is 0 Å². The zero-order chi connectivity index (χ0) is 18.0. The van der Waals surface area contributed by atoms with Gasteiger partial charge in [0, 0.05) is 18.7 Å². The summed E-state index contributed by atoms with van der Waals surface area (Å²) in [5.41, 5.74) is 0.334. The van der Waals surface area contributed by atoms with Gasteiger partial charge in [0.1, 0.15) is 12.2 Å². The quantitative estimate of drug-likeness (QED) is 0.800. The number of hydrogen-bond donors (Lipinski definition) is 2. The van der Waals surface area contributed by atoms with Crippen LogP contribution < -0.4 is 10.0 Å². The number of hydrogen-bond acceptors (Lipinski definition) is 5. The minimum absolute atomic E-state index is 0.0442. The molecule has 2 N–H and O–H groups in total. The Balaban J connectivity index is 1.76. The van der Waals surface area contributed by atoms with Crippen molar-refractivity contribution in [2.45, 2.75) is 43.2 Å². The van der Waals surface area contributed by atoms with Crippen molar-refractivity contribution < 1.29 is 13.2 Å². The zero-order valence-corrected chi connectivity index (χ0v) is 15.0. The van der Waals surface area contributed by atoms with Crippen molar-refractivity contribution in [3.05, 3.63) is 42.0 Å². The van der Waals surface area contributed by atoms with E-state index in [9.17, 15) is 13.2 Å². The molecule has 1 aliphatic rings. The van der Waals surface area contributed by atoms with Gasteiger partial charge in [-0.15, -0.1) is 10.2 Å². The topological polar surface area (TPSA) is 106 Å². The number of aryl methyl sites for hydroxylation is 1. The van der Waals surface area contributed by atoms with Crippen LogP contribution >= 0.6 is 0 Å². The summed E-state index contributed by atoms with van der Waals surface area (Å²) >= 11 is 0. The second-order valence-corrected chi connectivity index (χ2v) is 7.99. The van der Waals surface area contributed by atoms with Crippen molar-refractivity contribution in [3.8, 4) is 0 Å². The van der Waals surface area contributed by atoms with Crippen LogP contribution in [0.25, 0.3) is 0 Å². The molecular formula is C16H21N5O3S. The number of aromatic nitrogens is 3. The maximum absolute atomic E-state index is 12.6. The molecule has 3 rings (SSSR count). The molecule has 0 unspecified atom stereocenters. The van der Waals surface area contributed by atoms with Gasteiger partial charge in [-0.25, -0.2) is 13.1 Å². The summed E-state index contributed by atoms with van der Waals surface area (Å²) in [6, 6.07) is 5.67. The van der Waals surface area contributed by atoms with Gasteiger partial charge >= 0.3 is 0 Å². The first-order valence-corrected chi connectivity index (χ1v) is 9.62. The fourth-order valence-electron chi connectivity index (χ4n) is 2.66. The number of nitrogens with zero attached hydrogens (tertiary/aromatic N) is 3. The zero-order valence-electron chi connectivity index (χ0n) is 14.1. The van der Waals surface area contributed by atoms with E-state index < -0.39 is 16.1 Å². The molecule has 0 radical (unpaired) electrons. The average molecular weight is 363 g/mol. The molecule has 1 aliphatic carbocycles. The molecule has 0 bridgehead atoms. The van der Waals surface area contributed by atoms with E-state index in [2.05, 4.69) is 20.2 Å². The molecule has 1 heterocycles. The minimum Gasteiger partial charge on any atom is -0.349 e. The van der Waals surface area contributed by atoms with Crippen molar-refractivity contribution in [2.75, 3.05) is 0 Å². The predicted molar refractivity (Wildman–Crippen MR) is 91.3 cm³/mol. The van der Waals surface area contributed by atoms with Gasteiger partial charge in [0.25, 0.3) is 5.91 Å². The molecule has 25 heavy (non-hydrogen) atoms. The average Bonchev–Trinajstić information content (AvgIpc) is 2.96. The fraction of sp³-hybridized carbons (Fsp3) is 0.438. The lowest BCUT2D eigenvalue weighted by molar-refractivity contribution is 0.0916. The Morgan fingerprint density at radius 2 is 2.12 bits per heavy atom. The summed E-state index contributed by atoms with van der Waals surface area (Å²) < 4.78 is 29.4. The van der Waals surface area contributed by atoms with Crippen LogP contribution in [0.5, 0.6) is 0 Å². The molecule has 1 atom stereocenters. The summed E-state index contributed by atoms with van der Waals surface area (Å²) in [4.78, 5) is 12.3. The lowest BCUT2D eigenvalue weighted by Crippen LogP contribution is -2.39. The molecule has 9 heteroatoms. The standard InChI is InChI=1S/C16H21N5O3S/c1-11(15-19-17-10-21(15)2)20-25(23,24)14-8-3-5-12(9-14)16(22)18-13-6-4-7-13/h3,5,8-11,13,20H,4,6-7H2,1-2H3,(H,18,22)/t11-/m1/s1. The van der Waals surface area contributed by atoms with E-state index in [0.717, 1.165) is 19.3 Å². The summed E-state index contributed by atoms with van der Waals surface area (Å²) in [6.45, 7) is 1.69. The third kappa shape index (κ3) is 3.88. The van der Waals surface area contributed by atoms with Crippen LogP contribution in [0, 0.1) is 0 Å².